The van der Waals surface area contributed by atoms with E-state index in [9.17, 15) is 27.2 Å². The lowest BCUT2D eigenvalue weighted by atomic mass is 9.80. The van der Waals surface area contributed by atoms with Crippen molar-refractivity contribution in [3.8, 4) is 17.0 Å². The maximum Gasteiger partial charge on any atom is 0.398 e. The lowest BCUT2D eigenvalue weighted by Crippen LogP contribution is -2.36. The number of aromatic nitrogens is 2. The maximum absolute atomic E-state index is 14.6. The largest absolute Gasteiger partial charge is 0.490 e. The number of ether oxygens (including phenoxy) is 1. The zero-order chi connectivity index (χ0) is 31.3. The predicted molar refractivity (Wildman–Crippen MR) is 153 cm³/mol. The number of nitrogens with zero attached hydrogens (tertiary/aromatic N) is 2. The van der Waals surface area contributed by atoms with Crippen molar-refractivity contribution in [3.05, 3.63) is 88.0 Å². The molecule has 43 heavy (non-hydrogen) atoms. The molecule has 4 aromatic rings. The molecule has 0 fully saturated rings. The molecule has 11 heteroatoms. The third kappa shape index (κ3) is 5.89. The van der Waals surface area contributed by atoms with E-state index < -0.39 is 41.7 Å². The molecule has 1 aliphatic heterocycles. The Bertz CT molecular complexity index is 1760. The third-order valence-electron chi connectivity index (χ3n) is 7.89. The molecule has 0 unspecified atom stereocenters. The molecule has 0 bridgehead atoms. The average Bonchev–Trinajstić information content (AvgIpc) is 3.24. The Morgan fingerprint density at radius 1 is 1.05 bits per heavy atom. The summed E-state index contributed by atoms with van der Waals surface area (Å²) < 4.78 is 63.3. The first-order valence-electron chi connectivity index (χ1n) is 13.6. The Morgan fingerprint density at radius 3 is 2.40 bits per heavy atom. The second-order valence-corrected chi connectivity index (χ2v) is 11.3. The third-order valence-corrected chi connectivity index (χ3v) is 7.89. The van der Waals surface area contributed by atoms with Crippen LogP contribution in [0.5, 0.6) is 5.75 Å². The quantitative estimate of drug-likeness (QED) is 0.257. The van der Waals surface area contributed by atoms with E-state index in [0.717, 1.165) is 16.8 Å². The van der Waals surface area contributed by atoms with E-state index in [1.807, 2.05) is 19.9 Å². The monoisotopic (exact) mass is 594 g/mol. The van der Waals surface area contributed by atoms with Gasteiger partial charge in [0.2, 0.25) is 5.91 Å². The minimum absolute atomic E-state index is 0.00675. The molecule has 224 valence electrons. The first kappa shape index (κ1) is 29.9. The smallest absolute Gasteiger partial charge is 0.398 e. The fraction of sp³-hybridized carbons (Fsp3) is 0.312. The number of hydrogen-bond donors (Lipinski definition) is 2. The van der Waals surface area contributed by atoms with Gasteiger partial charge in [0.25, 0.3) is 5.91 Å². The van der Waals surface area contributed by atoms with Crippen molar-refractivity contribution in [3.63, 3.8) is 0 Å². The average molecular weight is 595 g/mol. The summed E-state index contributed by atoms with van der Waals surface area (Å²) in [6.45, 7) is 6.42. The van der Waals surface area contributed by atoms with Crippen molar-refractivity contribution in [2.24, 2.45) is 5.73 Å². The van der Waals surface area contributed by atoms with Crippen molar-refractivity contribution in [1.29, 1.82) is 0 Å². The number of alkyl halides is 3. The number of nitrogens with one attached hydrogen (secondary N) is 1. The highest BCUT2D eigenvalue weighted by Gasteiger charge is 2.45. The summed E-state index contributed by atoms with van der Waals surface area (Å²) in [5.41, 5.74) is 8.21. The Labute approximate surface area is 245 Å². The number of amides is 2. The summed E-state index contributed by atoms with van der Waals surface area (Å²) in [7, 11) is 0. The fourth-order valence-corrected chi connectivity index (χ4v) is 5.45. The molecule has 2 aromatic carbocycles. The van der Waals surface area contributed by atoms with Gasteiger partial charge in [-0.25, -0.2) is 9.37 Å². The van der Waals surface area contributed by atoms with Gasteiger partial charge >= 0.3 is 6.18 Å². The molecule has 5 rings (SSSR count). The number of fused-ring (bicyclic) bond motifs is 2. The van der Waals surface area contributed by atoms with Crippen molar-refractivity contribution in [2.45, 2.75) is 51.6 Å². The van der Waals surface area contributed by atoms with Gasteiger partial charge in [-0.1, -0.05) is 6.92 Å². The summed E-state index contributed by atoms with van der Waals surface area (Å²) in [4.78, 5) is 33.9. The van der Waals surface area contributed by atoms with Crippen LogP contribution in [0.25, 0.3) is 22.2 Å². The molecular weight excluding hydrogens is 564 g/mol. The zero-order valence-corrected chi connectivity index (χ0v) is 24.0. The number of halogens is 4. The van der Waals surface area contributed by atoms with Gasteiger partial charge in [-0.15, -0.1) is 0 Å². The Balaban J connectivity index is 1.54. The SMILES string of the molecule is Cc1cc2cc(C(=O)NC[C@H](c3cc4c(c(-c5ccc(F)cc5)n3)OC[C@]4(C)CC(N)=O)C(F)(F)F)cc(C)c2nc1C. The van der Waals surface area contributed by atoms with Gasteiger partial charge in [-0.3, -0.25) is 14.6 Å². The van der Waals surface area contributed by atoms with Crippen LogP contribution in [-0.4, -0.2) is 41.1 Å². The Hall–Kier alpha value is -4.54. The number of benzene rings is 2. The number of hydrogen-bond acceptors (Lipinski definition) is 5. The highest BCUT2D eigenvalue weighted by Crippen LogP contribution is 2.48. The topological polar surface area (TPSA) is 107 Å². The number of nitrogens with two attached hydrogens (primary N) is 1. The lowest BCUT2D eigenvalue weighted by molar-refractivity contribution is -0.149. The van der Waals surface area contributed by atoms with E-state index in [4.69, 9.17) is 10.5 Å². The van der Waals surface area contributed by atoms with Crippen LogP contribution in [0.4, 0.5) is 17.6 Å². The van der Waals surface area contributed by atoms with Crippen molar-refractivity contribution in [2.75, 3.05) is 13.2 Å². The number of carbonyl (C=O) groups excluding carboxylic acids is 2. The number of aryl methyl sites for hydroxylation is 3. The number of pyridine rings is 2. The first-order valence-corrected chi connectivity index (χ1v) is 13.6. The van der Waals surface area contributed by atoms with Crippen LogP contribution in [0.2, 0.25) is 0 Å². The summed E-state index contributed by atoms with van der Waals surface area (Å²) in [5.74, 6) is -3.86. The normalized spacial score (nSPS) is 16.9. The molecule has 2 atom stereocenters. The highest BCUT2D eigenvalue weighted by atomic mass is 19.4. The standard InChI is InChI=1S/C32H30F4N4O3/c1-16-9-20-11-21(10-17(2)27(20)39-18(16)3)30(42)38-14-24(32(34,35)36)25-12-23-29(43-15-31(23,4)13-26(37)41)28(40-25)19-5-7-22(33)8-6-19/h5-12,24H,13-15H2,1-4H3,(H2,37,41)(H,38,42)/t24-,31+/m1/s1. The maximum atomic E-state index is 14.6. The molecule has 7 nitrogen and oxygen atoms in total. The molecule has 0 radical (unpaired) electrons. The number of primary amides is 1. The Morgan fingerprint density at radius 2 is 1.74 bits per heavy atom. The van der Waals surface area contributed by atoms with E-state index in [0.29, 0.717) is 22.0 Å². The molecule has 0 saturated carbocycles. The van der Waals surface area contributed by atoms with Gasteiger partial charge in [-0.05, 0) is 80.4 Å². The molecule has 1 aliphatic rings. The second kappa shape index (κ2) is 10.9. The lowest BCUT2D eigenvalue weighted by Gasteiger charge is -2.25. The number of rotatable bonds is 7. The minimum Gasteiger partial charge on any atom is -0.490 e. The van der Waals surface area contributed by atoms with E-state index in [1.54, 1.807) is 26.0 Å². The summed E-state index contributed by atoms with van der Waals surface area (Å²) in [5, 5.41) is 3.14. The van der Waals surface area contributed by atoms with Crippen molar-refractivity contribution >= 4 is 22.7 Å². The van der Waals surface area contributed by atoms with Gasteiger partial charge in [0, 0.05) is 46.2 Å². The second-order valence-electron chi connectivity index (χ2n) is 11.3. The molecule has 0 spiro atoms. The zero-order valence-electron chi connectivity index (χ0n) is 24.0. The van der Waals surface area contributed by atoms with Gasteiger partial charge in [0.1, 0.15) is 23.2 Å². The van der Waals surface area contributed by atoms with E-state index in [1.165, 1.54) is 30.3 Å². The number of carbonyl (C=O) groups is 2. The van der Waals surface area contributed by atoms with Gasteiger partial charge in [0.15, 0.2) is 0 Å². The fourth-order valence-electron chi connectivity index (χ4n) is 5.45. The van der Waals surface area contributed by atoms with Crippen LogP contribution in [0.15, 0.2) is 48.5 Å². The molecule has 2 amide bonds. The summed E-state index contributed by atoms with van der Waals surface area (Å²) in [6.07, 6.45) is -4.97. The van der Waals surface area contributed by atoms with Crippen LogP contribution < -0.4 is 15.8 Å². The molecule has 0 saturated heterocycles. The van der Waals surface area contributed by atoms with Gasteiger partial charge < -0.3 is 15.8 Å². The van der Waals surface area contributed by atoms with Gasteiger partial charge in [-0.2, -0.15) is 13.2 Å². The first-order chi connectivity index (χ1) is 20.2. The van der Waals surface area contributed by atoms with Crippen molar-refractivity contribution in [1.82, 2.24) is 15.3 Å². The molecule has 3 N–H and O–H groups in total. The molecule has 2 aromatic heterocycles. The summed E-state index contributed by atoms with van der Waals surface area (Å²) in [6, 6.07) is 11.5. The predicted octanol–water partition coefficient (Wildman–Crippen LogP) is 5.96. The Kier molecular flexibility index (Phi) is 7.62. The summed E-state index contributed by atoms with van der Waals surface area (Å²) >= 11 is 0. The van der Waals surface area contributed by atoms with E-state index in [2.05, 4.69) is 15.3 Å². The van der Waals surface area contributed by atoms with Crippen LogP contribution in [0.1, 0.15) is 57.7 Å². The van der Waals surface area contributed by atoms with Crippen molar-refractivity contribution < 1.29 is 31.9 Å². The van der Waals surface area contributed by atoms with E-state index in [-0.39, 0.29) is 35.7 Å². The van der Waals surface area contributed by atoms with Gasteiger partial charge in [0.05, 0.1) is 17.8 Å². The highest BCUT2D eigenvalue weighted by molar-refractivity contribution is 5.99. The van der Waals surface area contributed by atoms with E-state index >= 15 is 0 Å². The van der Waals surface area contributed by atoms with Crippen LogP contribution in [0, 0.1) is 26.6 Å². The molecule has 3 heterocycles. The van der Waals surface area contributed by atoms with Crippen LogP contribution in [-0.2, 0) is 10.2 Å². The van der Waals surface area contributed by atoms with Crippen LogP contribution >= 0.6 is 0 Å². The molecule has 0 aliphatic carbocycles. The molecular formula is C32H30F4N4O3. The van der Waals surface area contributed by atoms with Crippen LogP contribution in [0.3, 0.4) is 0 Å². The minimum atomic E-state index is -4.80.